The monoisotopic (exact) mass is 172 g/mol. The van der Waals surface area contributed by atoms with Crippen molar-refractivity contribution in [2.24, 2.45) is 0 Å². The van der Waals surface area contributed by atoms with Crippen LogP contribution in [0.25, 0.3) is 11.0 Å². The van der Waals surface area contributed by atoms with Gasteiger partial charge in [0.05, 0.1) is 23.1 Å². The molecule has 0 fully saturated rings. The lowest BCUT2D eigenvalue weighted by Gasteiger charge is -2.00. The summed E-state index contributed by atoms with van der Waals surface area (Å²) < 4.78 is 0. The van der Waals surface area contributed by atoms with E-state index in [0.29, 0.717) is 11.1 Å². The molecule has 0 unspecified atom stereocenters. The third-order valence-electron chi connectivity index (χ3n) is 1.97. The molecule has 4 heteroatoms. The Morgan fingerprint density at radius 2 is 2.38 bits per heavy atom. The molecular formula is C9H8N4. The molecule has 0 amide bonds. The topological polar surface area (TPSA) is 64.5 Å². The number of fused-ring (bicyclic) bond motifs is 1. The molecule has 0 saturated heterocycles. The van der Waals surface area contributed by atoms with Crippen molar-refractivity contribution in [3.8, 4) is 6.07 Å². The van der Waals surface area contributed by atoms with Crippen molar-refractivity contribution in [2.75, 3.05) is 12.4 Å². The summed E-state index contributed by atoms with van der Waals surface area (Å²) in [5.41, 5.74) is 3.14. The van der Waals surface area contributed by atoms with Crippen LogP contribution in [-0.2, 0) is 0 Å². The van der Waals surface area contributed by atoms with Crippen LogP contribution in [0.15, 0.2) is 18.5 Å². The molecule has 13 heavy (non-hydrogen) atoms. The Labute approximate surface area is 75.2 Å². The molecule has 2 aromatic rings. The van der Waals surface area contributed by atoms with Gasteiger partial charge in [0, 0.05) is 7.05 Å². The third kappa shape index (κ3) is 1.02. The fraction of sp³-hybridized carbons (Fsp3) is 0.111. The lowest BCUT2D eigenvalue weighted by Crippen LogP contribution is -1.90. The second-order valence-corrected chi connectivity index (χ2v) is 2.65. The number of H-pyrrole nitrogens is 1. The summed E-state index contributed by atoms with van der Waals surface area (Å²) in [5, 5.41) is 11.8. The van der Waals surface area contributed by atoms with Gasteiger partial charge in [-0.15, -0.1) is 0 Å². The van der Waals surface area contributed by atoms with Crippen molar-refractivity contribution in [1.29, 1.82) is 5.26 Å². The first-order valence-electron chi connectivity index (χ1n) is 3.90. The molecule has 1 aromatic carbocycles. The number of aromatic amines is 1. The van der Waals surface area contributed by atoms with E-state index >= 15 is 0 Å². The quantitative estimate of drug-likeness (QED) is 0.684. The summed E-state index contributed by atoms with van der Waals surface area (Å²) in [6.45, 7) is 0. The largest absolute Gasteiger partial charge is 0.386 e. The maximum atomic E-state index is 8.79. The van der Waals surface area contributed by atoms with Gasteiger partial charge in [0.1, 0.15) is 11.6 Å². The van der Waals surface area contributed by atoms with Gasteiger partial charge in [-0.25, -0.2) is 4.98 Å². The van der Waals surface area contributed by atoms with Crippen LogP contribution in [-0.4, -0.2) is 17.0 Å². The predicted octanol–water partition coefficient (Wildman–Crippen LogP) is 1.48. The van der Waals surface area contributed by atoms with Gasteiger partial charge >= 0.3 is 0 Å². The fourth-order valence-electron chi connectivity index (χ4n) is 1.33. The first-order chi connectivity index (χ1) is 6.36. The van der Waals surface area contributed by atoms with Crippen LogP contribution < -0.4 is 5.32 Å². The molecule has 0 radical (unpaired) electrons. The Hall–Kier alpha value is -2.02. The smallest absolute Gasteiger partial charge is 0.108 e. The maximum Gasteiger partial charge on any atom is 0.108 e. The van der Waals surface area contributed by atoms with E-state index in [1.807, 2.05) is 13.1 Å². The Morgan fingerprint density at radius 1 is 1.54 bits per heavy atom. The Bertz CT molecular complexity index is 478. The zero-order chi connectivity index (χ0) is 9.26. The summed E-state index contributed by atoms with van der Waals surface area (Å²) >= 11 is 0. The van der Waals surface area contributed by atoms with Gasteiger partial charge in [0.2, 0.25) is 0 Å². The van der Waals surface area contributed by atoms with Crippen LogP contribution in [0.2, 0.25) is 0 Å². The standard InChI is InChI=1S/C9H8N4/c1-11-7-3-2-6(4-10)8-9(7)13-5-12-8/h2-3,5,11H,1H3,(H,12,13). The van der Waals surface area contributed by atoms with E-state index < -0.39 is 0 Å². The number of rotatable bonds is 1. The minimum absolute atomic E-state index is 0.593. The van der Waals surface area contributed by atoms with Crippen LogP contribution >= 0.6 is 0 Å². The molecule has 2 N–H and O–H groups in total. The van der Waals surface area contributed by atoms with Crippen molar-refractivity contribution < 1.29 is 0 Å². The van der Waals surface area contributed by atoms with E-state index in [-0.39, 0.29) is 0 Å². The van der Waals surface area contributed by atoms with E-state index in [1.165, 1.54) is 0 Å². The van der Waals surface area contributed by atoms with Crippen LogP contribution in [0.3, 0.4) is 0 Å². The van der Waals surface area contributed by atoms with Crippen molar-refractivity contribution in [1.82, 2.24) is 9.97 Å². The van der Waals surface area contributed by atoms with Gasteiger partial charge in [-0.2, -0.15) is 5.26 Å². The van der Waals surface area contributed by atoms with Crippen molar-refractivity contribution in [3.05, 3.63) is 24.0 Å². The van der Waals surface area contributed by atoms with Crippen LogP contribution in [0.5, 0.6) is 0 Å². The molecule has 0 aliphatic carbocycles. The number of nitriles is 1. The van der Waals surface area contributed by atoms with Crippen molar-refractivity contribution in [2.45, 2.75) is 0 Å². The lowest BCUT2D eigenvalue weighted by molar-refractivity contribution is 1.34. The number of imidazole rings is 1. The SMILES string of the molecule is CNc1ccc(C#N)c2nc[nH]c12. The first-order valence-corrected chi connectivity index (χ1v) is 3.90. The fourth-order valence-corrected chi connectivity index (χ4v) is 1.33. The van der Waals surface area contributed by atoms with Crippen LogP contribution in [0, 0.1) is 11.3 Å². The summed E-state index contributed by atoms with van der Waals surface area (Å²) in [6.07, 6.45) is 1.59. The number of hydrogen-bond acceptors (Lipinski definition) is 3. The molecule has 0 atom stereocenters. The molecule has 1 heterocycles. The highest BCUT2D eigenvalue weighted by Gasteiger charge is 2.05. The third-order valence-corrected chi connectivity index (χ3v) is 1.97. The summed E-state index contributed by atoms with van der Waals surface area (Å²) in [4.78, 5) is 7.07. The molecule has 0 saturated carbocycles. The van der Waals surface area contributed by atoms with Crippen molar-refractivity contribution >= 4 is 16.7 Å². The molecule has 0 bridgehead atoms. The molecule has 4 nitrogen and oxygen atoms in total. The Kier molecular flexibility index (Phi) is 1.64. The summed E-state index contributed by atoms with van der Waals surface area (Å²) in [6, 6.07) is 5.72. The highest BCUT2D eigenvalue weighted by Crippen LogP contribution is 2.22. The number of nitrogens with one attached hydrogen (secondary N) is 2. The van der Waals surface area contributed by atoms with Gasteiger partial charge in [0.25, 0.3) is 0 Å². The Morgan fingerprint density at radius 3 is 3.08 bits per heavy atom. The zero-order valence-corrected chi connectivity index (χ0v) is 7.13. The van der Waals surface area contributed by atoms with Gasteiger partial charge in [-0.3, -0.25) is 0 Å². The number of hydrogen-bond donors (Lipinski definition) is 2. The van der Waals surface area contributed by atoms with E-state index in [9.17, 15) is 0 Å². The normalized spacial score (nSPS) is 9.85. The van der Waals surface area contributed by atoms with Crippen molar-refractivity contribution in [3.63, 3.8) is 0 Å². The highest BCUT2D eigenvalue weighted by atomic mass is 14.9. The van der Waals surface area contributed by atoms with Crippen LogP contribution in [0.1, 0.15) is 5.56 Å². The molecule has 0 aliphatic rings. The minimum Gasteiger partial charge on any atom is -0.386 e. The van der Waals surface area contributed by atoms with E-state index in [4.69, 9.17) is 5.26 Å². The highest BCUT2D eigenvalue weighted by molar-refractivity contribution is 5.91. The van der Waals surface area contributed by atoms with E-state index in [0.717, 1.165) is 11.2 Å². The van der Waals surface area contributed by atoms with E-state index in [2.05, 4.69) is 21.4 Å². The van der Waals surface area contributed by atoms with E-state index in [1.54, 1.807) is 12.4 Å². The molecule has 0 spiro atoms. The molecule has 0 aliphatic heterocycles. The van der Waals surface area contributed by atoms with Gasteiger partial charge < -0.3 is 10.3 Å². The summed E-state index contributed by atoms with van der Waals surface area (Å²) in [7, 11) is 1.83. The Balaban J connectivity index is 2.83. The molecule has 1 aromatic heterocycles. The number of aromatic nitrogens is 2. The first kappa shape index (κ1) is 7.62. The average Bonchev–Trinajstić information content (AvgIpc) is 2.64. The molecule has 64 valence electrons. The minimum atomic E-state index is 0.593. The zero-order valence-electron chi connectivity index (χ0n) is 7.13. The average molecular weight is 172 g/mol. The number of nitrogens with zero attached hydrogens (tertiary/aromatic N) is 2. The second-order valence-electron chi connectivity index (χ2n) is 2.65. The second kappa shape index (κ2) is 2.79. The number of anilines is 1. The summed E-state index contributed by atoms with van der Waals surface area (Å²) in [5.74, 6) is 0. The maximum absolute atomic E-state index is 8.79. The molecular weight excluding hydrogens is 164 g/mol. The van der Waals surface area contributed by atoms with Gasteiger partial charge in [-0.05, 0) is 12.1 Å². The lowest BCUT2D eigenvalue weighted by atomic mass is 10.2. The van der Waals surface area contributed by atoms with Gasteiger partial charge in [0.15, 0.2) is 0 Å². The molecule has 2 rings (SSSR count). The number of benzene rings is 1. The predicted molar refractivity (Wildman–Crippen MR) is 50.4 cm³/mol. The van der Waals surface area contributed by atoms with Gasteiger partial charge in [-0.1, -0.05) is 0 Å². The van der Waals surface area contributed by atoms with Crippen LogP contribution in [0.4, 0.5) is 5.69 Å².